The number of thioether (sulfide) groups is 1. The molecule has 4 nitrogen and oxygen atoms in total. The van der Waals surface area contributed by atoms with E-state index in [1.807, 2.05) is 18.4 Å². The van der Waals surface area contributed by atoms with E-state index in [1.165, 1.54) is 0 Å². The Bertz CT molecular complexity index is 480. The number of nitrogens with one attached hydrogen (secondary N) is 1. The van der Waals surface area contributed by atoms with Crippen molar-refractivity contribution in [3.8, 4) is 0 Å². The summed E-state index contributed by atoms with van der Waals surface area (Å²) in [5.74, 6) is -1.05. The van der Waals surface area contributed by atoms with Crippen molar-refractivity contribution in [3.63, 3.8) is 0 Å². The Balaban J connectivity index is 2.04. The number of amides is 1. The van der Waals surface area contributed by atoms with E-state index >= 15 is 0 Å². The Labute approximate surface area is 116 Å². The molecule has 1 saturated carbocycles. The zero-order valence-corrected chi connectivity index (χ0v) is 11.6. The lowest BCUT2D eigenvalue weighted by Crippen LogP contribution is -2.54. The van der Waals surface area contributed by atoms with E-state index in [9.17, 15) is 9.59 Å². The summed E-state index contributed by atoms with van der Waals surface area (Å²) in [4.78, 5) is 24.1. The number of aliphatic carboxylic acids is 1. The van der Waals surface area contributed by atoms with Crippen molar-refractivity contribution in [1.82, 2.24) is 5.32 Å². The summed E-state index contributed by atoms with van der Waals surface area (Å²) in [6, 6.07) is 7.33. The molecule has 1 fully saturated rings. The van der Waals surface area contributed by atoms with E-state index in [-0.39, 0.29) is 12.3 Å². The van der Waals surface area contributed by atoms with E-state index < -0.39 is 11.5 Å². The zero-order chi connectivity index (χ0) is 13.9. The number of rotatable bonds is 5. The van der Waals surface area contributed by atoms with Crippen LogP contribution < -0.4 is 5.32 Å². The molecule has 0 aromatic heterocycles. The van der Waals surface area contributed by atoms with Crippen molar-refractivity contribution in [2.75, 3.05) is 6.26 Å². The predicted octanol–water partition coefficient (Wildman–Crippen LogP) is 2.54. The summed E-state index contributed by atoms with van der Waals surface area (Å²) in [7, 11) is 0. The second kappa shape index (κ2) is 5.65. The molecule has 1 amide bonds. The normalized spacial score (nSPS) is 16.5. The largest absolute Gasteiger partial charge is 0.481 e. The molecule has 0 saturated heterocycles. The third-order valence-electron chi connectivity index (χ3n) is 3.53. The van der Waals surface area contributed by atoms with Crippen LogP contribution in [0.1, 0.15) is 36.0 Å². The lowest BCUT2D eigenvalue weighted by Gasteiger charge is -2.41. The summed E-state index contributed by atoms with van der Waals surface area (Å²) in [6.07, 6.45) is 4.44. The van der Waals surface area contributed by atoms with Crippen LogP contribution >= 0.6 is 11.8 Å². The van der Waals surface area contributed by atoms with Gasteiger partial charge in [0.2, 0.25) is 0 Å². The minimum atomic E-state index is -0.863. The van der Waals surface area contributed by atoms with Crippen molar-refractivity contribution in [1.29, 1.82) is 0 Å². The molecule has 5 heteroatoms. The van der Waals surface area contributed by atoms with Gasteiger partial charge in [0.15, 0.2) is 0 Å². The van der Waals surface area contributed by atoms with Gasteiger partial charge in [0.05, 0.1) is 12.0 Å². The smallest absolute Gasteiger partial charge is 0.305 e. The molecule has 0 radical (unpaired) electrons. The van der Waals surface area contributed by atoms with Gasteiger partial charge in [0.25, 0.3) is 5.91 Å². The molecule has 1 aliphatic rings. The van der Waals surface area contributed by atoms with Gasteiger partial charge in [-0.05, 0) is 49.8 Å². The number of carboxylic acids is 1. The lowest BCUT2D eigenvalue weighted by molar-refractivity contribution is -0.139. The Hall–Kier alpha value is -1.49. The van der Waals surface area contributed by atoms with Crippen molar-refractivity contribution < 1.29 is 14.7 Å². The van der Waals surface area contributed by atoms with Gasteiger partial charge < -0.3 is 10.4 Å². The third kappa shape index (κ3) is 3.29. The van der Waals surface area contributed by atoms with Crippen LogP contribution in [-0.4, -0.2) is 28.8 Å². The molecule has 19 heavy (non-hydrogen) atoms. The molecule has 0 heterocycles. The highest BCUT2D eigenvalue weighted by atomic mass is 32.2. The summed E-state index contributed by atoms with van der Waals surface area (Å²) in [6.45, 7) is 0. The summed E-state index contributed by atoms with van der Waals surface area (Å²) < 4.78 is 0. The second-order valence-corrected chi connectivity index (χ2v) is 5.77. The molecule has 1 aliphatic carbocycles. The highest BCUT2D eigenvalue weighted by Gasteiger charge is 2.40. The average molecular weight is 279 g/mol. The average Bonchev–Trinajstić information content (AvgIpc) is 2.35. The number of hydrogen-bond acceptors (Lipinski definition) is 3. The van der Waals surface area contributed by atoms with Crippen LogP contribution in [0.3, 0.4) is 0 Å². The van der Waals surface area contributed by atoms with Crippen molar-refractivity contribution in [2.24, 2.45) is 0 Å². The fourth-order valence-electron chi connectivity index (χ4n) is 2.29. The van der Waals surface area contributed by atoms with Crippen LogP contribution in [0.4, 0.5) is 0 Å². The first-order chi connectivity index (χ1) is 9.04. The van der Waals surface area contributed by atoms with Gasteiger partial charge >= 0.3 is 5.97 Å². The fraction of sp³-hybridized carbons (Fsp3) is 0.429. The van der Waals surface area contributed by atoms with Crippen LogP contribution in [0.5, 0.6) is 0 Å². The van der Waals surface area contributed by atoms with E-state index in [0.29, 0.717) is 5.56 Å². The third-order valence-corrected chi connectivity index (χ3v) is 4.27. The van der Waals surface area contributed by atoms with Crippen LogP contribution in [0.15, 0.2) is 29.2 Å². The minimum absolute atomic E-state index is 0.00162. The quantitative estimate of drug-likeness (QED) is 0.813. The molecule has 0 aliphatic heterocycles. The van der Waals surface area contributed by atoms with Crippen LogP contribution in [0.25, 0.3) is 0 Å². The van der Waals surface area contributed by atoms with Crippen molar-refractivity contribution in [2.45, 2.75) is 36.1 Å². The molecule has 1 aromatic carbocycles. The Morgan fingerprint density at radius 1 is 1.32 bits per heavy atom. The zero-order valence-electron chi connectivity index (χ0n) is 10.8. The first-order valence-electron chi connectivity index (χ1n) is 6.23. The van der Waals surface area contributed by atoms with E-state index in [2.05, 4.69) is 5.32 Å². The molecule has 0 spiro atoms. The SMILES string of the molecule is CSc1ccc(C(=O)NC2(CC(=O)O)CCC2)cc1. The maximum atomic E-state index is 12.1. The van der Waals surface area contributed by atoms with Gasteiger partial charge in [0.1, 0.15) is 0 Å². The predicted molar refractivity (Wildman–Crippen MR) is 74.5 cm³/mol. The number of hydrogen-bond donors (Lipinski definition) is 2. The highest BCUT2D eigenvalue weighted by molar-refractivity contribution is 7.98. The first-order valence-corrected chi connectivity index (χ1v) is 7.45. The first kappa shape index (κ1) is 13.9. The lowest BCUT2D eigenvalue weighted by atomic mass is 9.74. The molecule has 102 valence electrons. The van der Waals surface area contributed by atoms with Gasteiger partial charge in [-0.25, -0.2) is 0 Å². The summed E-state index contributed by atoms with van der Waals surface area (Å²) in [5.41, 5.74) is 0.0376. The molecule has 0 bridgehead atoms. The van der Waals surface area contributed by atoms with E-state index in [1.54, 1.807) is 23.9 Å². The molecular formula is C14H17NO3S. The fourth-order valence-corrected chi connectivity index (χ4v) is 2.70. The van der Waals surface area contributed by atoms with E-state index in [4.69, 9.17) is 5.11 Å². The minimum Gasteiger partial charge on any atom is -0.481 e. The summed E-state index contributed by atoms with van der Waals surface area (Å²) >= 11 is 1.62. The summed E-state index contributed by atoms with van der Waals surface area (Å²) in [5, 5.41) is 11.8. The Kier molecular flexibility index (Phi) is 4.14. The number of carbonyl (C=O) groups is 2. The number of carbonyl (C=O) groups excluding carboxylic acids is 1. The molecule has 0 unspecified atom stereocenters. The van der Waals surface area contributed by atoms with Crippen LogP contribution in [0, 0.1) is 0 Å². The van der Waals surface area contributed by atoms with Crippen LogP contribution in [0.2, 0.25) is 0 Å². The van der Waals surface area contributed by atoms with Gasteiger partial charge in [-0.2, -0.15) is 0 Å². The Morgan fingerprint density at radius 2 is 1.95 bits per heavy atom. The van der Waals surface area contributed by atoms with Gasteiger partial charge in [-0.15, -0.1) is 11.8 Å². The highest BCUT2D eigenvalue weighted by Crippen LogP contribution is 2.35. The molecule has 2 rings (SSSR count). The van der Waals surface area contributed by atoms with Crippen LogP contribution in [-0.2, 0) is 4.79 Å². The molecule has 2 N–H and O–H groups in total. The molecule has 0 atom stereocenters. The maximum absolute atomic E-state index is 12.1. The standard InChI is InChI=1S/C14H17NO3S/c1-19-11-5-3-10(4-6-11)13(18)15-14(7-2-8-14)9-12(16)17/h3-6H,2,7-9H2,1H3,(H,15,18)(H,16,17). The second-order valence-electron chi connectivity index (χ2n) is 4.89. The molecular weight excluding hydrogens is 262 g/mol. The van der Waals surface area contributed by atoms with Gasteiger partial charge in [-0.1, -0.05) is 0 Å². The number of carboxylic acid groups (broad SMARTS) is 1. The monoisotopic (exact) mass is 279 g/mol. The van der Waals surface area contributed by atoms with Gasteiger partial charge in [-0.3, -0.25) is 9.59 Å². The maximum Gasteiger partial charge on any atom is 0.305 e. The number of benzene rings is 1. The van der Waals surface area contributed by atoms with Gasteiger partial charge in [0, 0.05) is 10.5 Å². The van der Waals surface area contributed by atoms with E-state index in [0.717, 1.165) is 24.2 Å². The Morgan fingerprint density at radius 3 is 2.37 bits per heavy atom. The van der Waals surface area contributed by atoms with Crippen molar-refractivity contribution >= 4 is 23.6 Å². The topological polar surface area (TPSA) is 66.4 Å². The van der Waals surface area contributed by atoms with Crippen molar-refractivity contribution in [3.05, 3.63) is 29.8 Å². The molecule has 1 aromatic rings.